The van der Waals surface area contributed by atoms with Gasteiger partial charge in [0.15, 0.2) is 11.5 Å². The summed E-state index contributed by atoms with van der Waals surface area (Å²) >= 11 is 0. The zero-order chi connectivity index (χ0) is 24.5. The molecule has 2 aromatic heterocycles. The van der Waals surface area contributed by atoms with Gasteiger partial charge >= 0.3 is 0 Å². The maximum atomic E-state index is 13.6. The van der Waals surface area contributed by atoms with Gasteiger partial charge in [-0.15, -0.1) is 0 Å². The van der Waals surface area contributed by atoms with Crippen molar-refractivity contribution >= 4 is 27.8 Å². The van der Waals surface area contributed by atoms with E-state index >= 15 is 0 Å². The lowest BCUT2D eigenvalue weighted by atomic mass is 10.1. The Morgan fingerprint density at radius 2 is 1.66 bits per heavy atom. The van der Waals surface area contributed by atoms with Crippen molar-refractivity contribution in [3.05, 3.63) is 83.8 Å². The van der Waals surface area contributed by atoms with E-state index in [0.29, 0.717) is 33.8 Å². The van der Waals surface area contributed by atoms with Crippen LogP contribution in [0.4, 0.5) is 0 Å². The number of methoxy groups -OCH3 is 3. The highest BCUT2D eigenvalue weighted by Crippen LogP contribution is 2.41. The van der Waals surface area contributed by atoms with Gasteiger partial charge in [-0.1, -0.05) is 42.5 Å². The topological polar surface area (TPSA) is 90.4 Å². The second-order valence-electron chi connectivity index (χ2n) is 8.12. The molecule has 8 heteroatoms. The lowest BCUT2D eigenvalue weighted by Gasteiger charge is -2.19. The summed E-state index contributed by atoms with van der Waals surface area (Å²) in [6, 6.07) is 20.7. The number of amides is 1. The third kappa shape index (κ3) is 3.82. The molecule has 0 saturated heterocycles. The highest BCUT2D eigenvalue weighted by molar-refractivity contribution is 6.02. The Morgan fingerprint density at radius 1 is 0.943 bits per heavy atom. The van der Waals surface area contributed by atoms with E-state index in [1.807, 2.05) is 66.2 Å². The van der Waals surface area contributed by atoms with Crippen molar-refractivity contribution in [1.29, 1.82) is 0 Å². The predicted molar refractivity (Wildman–Crippen MR) is 134 cm³/mol. The molecule has 1 amide bonds. The molecule has 1 unspecified atom stereocenters. The number of ether oxygens (including phenoxy) is 3. The fourth-order valence-electron chi connectivity index (χ4n) is 4.43. The molecule has 0 aliphatic carbocycles. The number of aromatic amines is 1. The van der Waals surface area contributed by atoms with Gasteiger partial charge in [0.05, 0.1) is 37.9 Å². The molecule has 0 spiro atoms. The van der Waals surface area contributed by atoms with E-state index in [4.69, 9.17) is 19.2 Å². The zero-order valence-corrected chi connectivity index (χ0v) is 20.0. The molecule has 35 heavy (non-hydrogen) atoms. The van der Waals surface area contributed by atoms with Crippen LogP contribution in [0.2, 0.25) is 0 Å². The monoisotopic (exact) mass is 470 g/mol. The largest absolute Gasteiger partial charge is 0.496 e. The molecular formula is C27H26N4O4. The van der Waals surface area contributed by atoms with E-state index in [9.17, 15) is 4.79 Å². The number of H-pyrrole nitrogens is 1. The molecule has 178 valence electrons. The maximum absolute atomic E-state index is 13.6. The number of nitrogens with one attached hydrogen (secondary N) is 2. The molecule has 0 aliphatic heterocycles. The first-order chi connectivity index (χ1) is 17.0. The number of hydrogen-bond donors (Lipinski definition) is 2. The Kier molecular flexibility index (Phi) is 5.78. The molecule has 0 fully saturated rings. The van der Waals surface area contributed by atoms with Gasteiger partial charge in [-0.25, -0.2) is 4.98 Å². The maximum Gasteiger partial charge on any atom is 0.268 e. The molecule has 0 radical (unpaired) electrons. The Balaban J connectivity index is 1.59. The van der Waals surface area contributed by atoms with Gasteiger partial charge in [-0.05, 0) is 23.8 Å². The van der Waals surface area contributed by atoms with Gasteiger partial charge in [-0.3, -0.25) is 4.79 Å². The van der Waals surface area contributed by atoms with Crippen LogP contribution in [0.25, 0.3) is 21.9 Å². The molecule has 0 aliphatic rings. The van der Waals surface area contributed by atoms with E-state index in [1.165, 1.54) is 0 Å². The predicted octanol–water partition coefficient (Wildman–Crippen LogP) is 4.60. The van der Waals surface area contributed by atoms with Crippen LogP contribution in [0.5, 0.6) is 17.2 Å². The van der Waals surface area contributed by atoms with Crippen molar-refractivity contribution in [2.24, 2.45) is 7.05 Å². The quantitative estimate of drug-likeness (QED) is 0.363. The summed E-state index contributed by atoms with van der Waals surface area (Å²) in [5, 5.41) is 3.88. The van der Waals surface area contributed by atoms with Gasteiger partial charge in [0.2, 0.25) is 0 Å². The summed E-state index contributed by atoms with van der Waals surface area (Å²) < 4.78 is 18.5. The summed E-state index contributed by atoms with van der Waals surface area (Å²) in [4.78, 5) is 21.6. The van der Waals surface area contributed by atoms with E-state index in [1.54, 1.807) is 33.5 Å². The van der Waals surface area contributed by atoms with Crippen LogP contribution in [-0.2, 0) is 7.05 Å². The molecular weight excluding hydrogens is 444 g/mol. The number of para-hydroxylation sites is 2. The minimum Gasteiger partial charge on any atom is -0.496 e. The first kappa shape index (κ1) is 22.3. The summed E-state index contributed by atoms with van der Waals surface area (Å²) in [5.74, 6) is 2.02. The summed E-state index contributed by atoms with van der Waals surface area (Å²) in [6.45, 7) is 0. The molecule has 5 rings (SSSR count). The Hall–Kier alpha value is -4.46. The van der Waals surface area contributed by atoms with Crippen molar-refractivity contribution in [2.45, 2.75) is 6.04 Å². The van der Waals surface area contributed by atoms with E-state index < -0.39 is 6.04 Å². The van der Waals surface area contributed by atoms with Crippen LogP contribution in [0.3, 0.4) is 0 Å². The molecule has 2 N–H and O–H groups in total. The van der Waals surface area contributed by atoms with Crippen LogP contribution in [0, 0.1) is 0 Å². The van der Waals surface area contributed by atoms with Gasteiger partial charge in [-0.2, -0.15) is 0 Å². The van der Waals surface area contributed by atoms with E-state index in [2.05, 4.69) is 10.3 Å². The fraction of sp³-hybridized carbons (Fsp3) is 0.185. The second-order valence-corrected chi connectivity index (χ2v) is 8.12. The number of hydrogen-bond acceptors (Lipinski definition) is 5. The molecule has 0 saturated carbocycles. The summed E-state index contributed by atoms with van der Waals surface area (Å²) in [6.07, 6.45) is 0. The lowest BCUT2D eigenvalue weighted by Crippen LogP contribution is -2.31. The number of carbonyl (C=O) groups excluding carboxylic acids is 1. The zero-order valence-electron chi connectivity index (χ0n) is 20.0. The smallest absolute Gasteiger partial charge is 0.268 e. The van der Waals surface area contributed by atoms with E-state index in [-0.39, 0.29) is 5.91 Å². The van der Waals surface area contributed by atoms with Crippen molar-refractivity contribution < 1.29 is 19.0 Å². The van der Waals surface area contributed by atoms with Gasteiger partial charge in [0, 0.05) is 18.5 Å². The summed E-state index contributed by atoms with van der Waals surface area (Å²) in [7, 11) is 6.64. The molecule has 0 bridgehead atoms. The number of carbonyl (C=O) groups is 1. The Morgan fingerprint density at radius 3 is 2.34 bits per heavy atom. The number of fused-ring (bicyclic) bond motifs is 2. The third-order valence-corrected chi connectivity index (χ3v) is 6.17. The van der Waals surface area contributed by atoms with Crippen molar-refractivity contribution in [3.8, 4) is 17.2 Å². The standard InChI is InChI=1S/C27H26N4O4/c1-31-20-13-9-8-12-18(20)29-26(31)23(16-10-6-5-7-11-16)30-27(32)19-14-17-21(33-2)15-22(34-3)25(35-4)24(17)28-19/h5-15,23,28H,1-4H3,(H,30,32). The normalized spacial score (nSPS) is 12.0. The molecule has 2 heterocycles. The summed E-state index contributed by atoms with van der Waals surface area (Å²) in [5.41, 5.74) is 3.77. The van der Waals surface area contributed by atoms with Crippen LogP contribution in [0.1, 0.15) is 27.9 Å². The number of nitrogens with zero attached hydrogens (tertiary/aromatic N) is 2. The molecule has 5 aromatic rings. The van der Waals surface area contributed by atoms with Crippen LogP contribution < -0.4 is 19.5 Å². The van der Waals surface area contributed by atoms with Gasteiger partial charge in [0.25, 0.3) is 5.91 Å². The average Bonchev–Trinajstić information content (AvgIpc) is 3.49. The molecule has 3 aromatic carbocycles. The highest BCUT2D eigenvalue weighted by Gasteiger charge is 2.25. The minimum atomic E-state index is -0.467. The van der Waals surface area contributed by atoms with Crippen LogP contribution in [0.15, 0.2) is 66.7 Å². The van der Waals surface area contributed by atoms with Crippen LogP contribution >= 0.6 is 0 Å². The third-order valence-electron chi connectivity index (χ3n) is 6.17. The minimum absolute atomic E-state index is 0.287. The van der Waals surface area contributed by atoms with Gasteiger partial charge < -0.3 is 29.1 Å². The number of imidazole rings is 1. The second kappa shape index (κ2) is 9.06. The van der Waals surface area contributed by atoms with Crippen molar-refractivity contribution in [1.82, 2.24) is 19.9 Å². The van der Waals surface area contributed by atoms with Gasteiger partial charge in [0.1, 0.15) is 23.3 Å². The molecule has 1 atom stereocenters. The Bertz CT molecular complexity index is 1520. The SMILES string of the molecule is COc1cc(OC)c2cc(C(=O)NC(c3ccccc3)c3nc4ccccc4n3C)[nH]c2c1OC. The number of aryl methyl sites for hydroxylation is 1. The molecule has 8 nitrogen and oxygen atoms in total. The first-order valence-corrected chi connectivity index (χ1v) is 11.1. The first-order valence-electron chi connectivity index (χ1n) is 11.1. The number of rotatable bonds is 7. The lowest BCUT2D eigenvalue weighted by molar-refractivity contribution is 0.0937. The number of benzene rings is 3. The highest BCUT2D eigenvalue weighted by atomic mass is 16.5. The van der Waals surface area contributed by atoms with Crippen molar-refractivity contribution in [2.75, 3.05) is 21.3 Å². The average molecular weight is 471 g/mol. The van der Waals surface area contributed by atoms with Crippen LogP contribution in [-0.4, -0.2) is 41.8 Å². The number of aromatic nitrogens is 3. The van der Waals surface area contributed by atoms with Crippen molar-refractivity contribution in [3.63, 3.8) is 0 Å². The Labute approximate surface area is 202 Å². The fourth-order valence-corrected chi connectivity index (χ4v) is 4.43. The van der Waals surface area contributed by atoms with E-state index in [0.717, 1.165) is 22.4 Å².